The van der Waals surface area contributed by atoms with Crippen LogP contribution in [0.4, 0.5) is 5.82 Å². The van der Waals surface area contributed by atoms with E-state index in [4.69, 9.17) is 9.84 Å². The molecule has 0 spiro atoms. The van der Waals surface area contributed by atoms with Gasteiger partial charge in [0.05, 0.1) is 7.11 Å². The highest BCUT2D eigenvalue weighted by molar-refractivity contribution is 5.90. The van der Waals surface area contributed by atoms with Crippen molar-refractivity contribution < 1.29 is 14.6 Å². The molecule has 0 bridgehead atoms. The van der Waals surface area contributed by atoms with E-state index in [9.17, 15) is 4.79 Å². The molecular weight excluding hydrogens is 246 g/mol. The molecule has 2 N–H and O–H groups in total. The molecule has 19 heavy (non-hydrogen) atoms. The van der Waals surface area contributed by atoms with Crippen LogP contribution in [0.2, 0.25) is 0 Å². The Morgan fingerprint density at radius 1 is 1.53 bits per heavy atom. The zero-order chi connectivity index (χ0) is 14.0. The lowest BCUT2D eigenvalue weighted by atomic mass is 10.0. The number of aromatic carboxylic acids is 1. The molecule has 0 aromatic carbocycles. The number of methoxy groups -OCH3 is 1. The van der Waals surface area contributed by atoms with Gasteiger partial charge in [0.1, 0.15) is 11.4 Å². The lowest BCUT2D eigenvalue weighted by Gasteiger charge is -2.39. The average molecular weight is 265 g/mol. The van der Waals surface area contributed by atoms with E-state index in [1.165, 1.54) is 7.11 Å². The number of carboxylic acid groups (broad SMARTS) is 1. The van der Waals surface area contributed by atoms with Gasteiger partial charge in [-0.2, -0.15) is 4.98 Å². The van der Waals surface area contributed by atoms with Crippen LogP contribution in [-0.4, -0.2) is 48.3 Å². The quantitative estimate of drug-likeness (QED) is 0.848. The number of hydrogen-bond donors (Lipinski definition) is 2. The van der Waals surface area contributed by atoms with E-state index in [-0.39, 0.29) is 17.0 Å². The topological polar surface area (TPSA) is 74.7 Å². The Morgan fingerprint density at radius 3 is 2.84 bits per heavy atom. The van der Waals surface area contributed by atoms with Crippen LogP contribution in [0.15, 0.2) is 12.1 Å². The number of aromatic nitrogens is 1. The molecule has 0 aliphatic carbocycles. The summed E-state index contributed by atoms with van der Waals surface area (Å²) in [5, 5.41) is 12.5. The van der Waals surface area contributed by atoms with E-state index >= 15 is 0 Å². The predicted octanol–water partition coefficient (Wildman–Crippen LogP) is 0.977. The van der Waals surface area contributed by atoms with Crippen molar-refractivity contribution in [2.75, 3.05) is 31.6 Å². The van der Waals surface area contributed by atoms with Crippen LogP contribution in [-0.2, 0) is 0 Å². The van der Waals surface area contributed by atoms with Gasteiger partial charge in [-0.15, -0.1) is 0 Å². The summed E-state index contributed by atoms with van der Waals surface area (Å²) in [6, 6.07) is 3.27. The molecule has 1 aliphatic rings. The Balaban J connectivity index is 2.28. The van der Waals surface area contributed by atoms with Crippen LogP contribution in [0.5, 0.6) is 5.88 Å². The largest absolute Gasteiger partial charge is 0.480 e. The van der Waals surface area contributed by atoms with Crippen LogP contribution in [0.3, 0.4) is 0 Å². The summed E-state index contributed by atoms with van der Waals surface area (Å²) in [5.41, 5.74) is 0.0965. The number of rotatable bonds is 3. The number of carboxylic acids is 1. The zero-order valence-electron chi connectivity index (χ0n) is 11.4. The van der Waals surface area contributed by atoms with Gasteiger partial charge in [0.15, 0.2) is 0 Å². The van der Waals surface area contributed by atoms with E-state index < -0.39 is 5.97 Å². The molecule has 1 aliphatic heterocycles. The van der Waals surface area contributed by atoms with Gasteiger partial charge in [-0.1, -0.05) is 0 Å². The summed E-state index contributed by atoms with van der Waals surface area (Å²) < 4.78 is 5.06. The standard InChI is InChI=1S/C13H19N3O3/c1-13(2)8-16(7-6-14-13)10-5-4-9(12(17)18)11(15-10)19-3/h4-5,14H,6-8H2,1-3H3,(H,17,18). The molecule has 104 valence electrons. The molecule has 6 heteroatoms. The first-order valence-corrected chi connectivity index (χ1v) is 6.21. The minimum Gasteiger partial charge on any atom is -0.480 e. The fourth-order valence-electron chi connectivity index (χ4n) is 2.26. The molecular formula is C13H19N3O3. The molecule has 2 heterocycles. The summed E-state index contributed by atoms with van der Waals surface area (Å²) >= 11 is 0. The van der Waals surface area contributed by atoms with Gasteiger partial charge in [0.25, 0.3) is 0 Å². The number of anilines is 1. The van der Waals surface area contributed by atoms with Crippen LogP contribution in [0, 0.1) is 0 Å². The van der Waals surface area contributed by atoms with Crippen molar-refractivity contribution in [3.05, 3.63) is 17.7 Å². The van der Waals surface area contributed by atoms with Crippen LogP contribution in [0.1, 0.15) is 24.2 Å². The van der Waals surface area contributed by atoms with Crippen molar-refractivity contribution in [1.29, 1.82) is 0 Å². The van der Waals surface area contributed by atoms with E-state index in [0.29, 0.717) is 0 Å². The van der Waals surface area contributed by atoms with Gasteiger partial charge in [-0.3, -0.25) is 0 Å². The summed E-state index contributed by atoms with van der Waals surface area (Å²) in [6.45, 7) is 6.78. The zero-order valence-corrected chi connectivity index (χ0v) is 11.4. The molecule has 0 unspecified atom stereocenters. The molecule has 6 nitrogen and oxygen atoms in total. The Morgan fingerprint density at radius 2 is 2.26 bits per heavy atom. The molecule has 0 atom stereocenters. The lowest BCUT2D eigenvalue weighted by Crippen LogP contribution is -2.57. The van der Waals surface area contributed by atoms with Gasteiger partial charge in [0.2, 0.25) is 5.88 Å². The van der Waals surface area contributed by atoms with Crippen molar-refractivity contribution in [3.8, 4) is 5.88 Å². The maximum Gasteiger partial charge on any atom is 0.341 e. The molecule has 1 fully saturated rings. The minimum atomic E-state index is -1.03. The molecule has 0 radical (unpaired) electrons. The third-order valence-corrected chi connectivity index (χ3v) is 3.16. The lowest BCUT2D eigenvalue weighted by molar-refractivity contribution is 0.0692. The highest BCUT2D eigenvalue weighted by Gasteiger charge is 2.27. The third-order valence-electron chi connectivity index (χ3n) is 3.16. The molecule has 0 amide bonds. The van der Waals surface area contributed by atoms with E-state index in [1.54, 1.807) is 12.1 Å². The van der Waals surface area contributed by atoms with Crippen molar-refractivity contribution in [3.63, 3.8) is 0 Å². The Kier molecular flexibility index (Phi) is 3.61. The third kappa shape index (κ3) is 2.96. The van der Waals surface area contributed by atoms with Gasteiger partial charge >= 0.3 is 5.97 Å². The maximum absolute atomic E-state index is 11.0. The summed E-state index contributed by atoms with van der Waals surface area (Å²) in [5.74, 6) is -0.130. The smallest absolute Gasteiger partial charge is 0.341 e. The van der Waals surface area contributed by atoms with Crippen molar-refractivity contribution >= 4 is 11.8 Å². The number of nitrogens with one attached hydrogen (secondary N) is 1. The second-order valence-corrected chi connectivity index (χ2v) is 5.26. The SMILES string of the molecule is COc1nc(N2CCNC(C)(C)C2)ccc1C(=O)O. The van der Waals surface area contributed by atoms with Crippen LogP contribution in [0.25, 0.3) is 0 Å². The first-order chi connectivity index (χ1) is 8.93. The van der Waals surface area contributed by atoms with Crippen LogP contribution < -0.4 is 15.0 Å². The molecule has 1 aromatic heterocycles. The first-order valence-electron chi connectivity index (χ1n) is 6.21. The van der Waals surface area contributed by atoms with Gasteiger partial charge < -0.3 is 20.1 Å². The van der Waals surface area contributed by atoms with E-state index in [2.05, 4.69) is 29.0 Å². The predicted molar refractivity (Wildman–Crippen MR) is 72.0 cm³/mol. The minimum absolute atomic E-state index is 0.0125. The van der Waals surface area contributed by atoms with Crippen molar-refractivity contribution in [2.45, 2.75) is 19.4 Å². The van der Waals surface area contributed by atoms with Gasteiger partial charge in [-0.05, 0) is 26.0 Å². The molecule has 1 aromatic rings. The van der Waals surface area contributed by atoms with Crippen molar-refractivity contribution in [1.82, 2.24) is 10.3 Å². The van der Waals surface area contributed by atoms with Gasteiger partial charge in [0, 0.05) is 25.2 Å². The fourth-order valence-corrected chi connectivity index (χ4v) is 2.26. The molecule has 2 rings (SSSR count). The Hall–Kier alpha value is -1.82. The first kappa shape index (κ1) is 13.6. The van der Waals surface area contributed by atoms with Crippen LogP contribution >= 0.6 is 0 Å². The number of piperazine rings is 1. The molecule has 1 saturated heterocycles. The number of hydrogen-bond acceptors (Lipinski definition) is 5. The monoisotopic (exact) mass is 265 g/mol. The number of carbonyl (C=O) groups is 1. The van der Waals surface area contributed by atoms with Crippen molar-refractivity contribution in [2.24, 2.45) is 0 Å². The van der Waals surface area contributed by atoms with Gasteiger partial charge in [-0.25, -0.2) is 4.79 Å². The Bertz CT molecular complexity index is 488. The van der Waals surface area contributed by atoms with E-state index in [1.807, 2.05) is 0 Å². The molecule has 0 saturated carbocycles. The fraction of sp³-hybridized carbons (Fsp3) is 0.538. The highest BCUT2D eigenvalue weighted by atomic mass is 16.5. The van der Waals surface area contributed by atoms with E-state index in [0.717, 1.165) is 25.5 Å². The highest BCUT2D eigenvalue weighted by Crippen LogP contribution is 2.23. The summed E-state index contributed by atoms with van der Waals surface area (Å²) in [7, 11) is 1.43. The Labute approximate surface area is 112 Å². The second kappa shape index (κ2) is 5.05. The maximum atomic E-state index is 11.0. The average Bonchev–Trinajstić information content (AvgIpc) is 2.36. The normalized spacial score (nSPS) is 18.2. The number of nitrogens with zero attached hydrogens (tertiary/aromatic N) is 2. The number of pyridine rings is 1. The number of ether oxygens (including phenoxy) is 1. The summed E-state index contributed by atoms with van der Waals surface area (Å²) in [6.07, 6.45) is 0. The second-order valence-electron chi connectivity index (χ2n) is 5.26. The summed E-state index contributed by atoms with van der Waals surface area (Å²) in [4.78, 5) is 17.5.